The first-order valence-electron chi connectivity index (χ1n) is 12.1. The molecular formula is C29H26N2O6S. The van der Waals surface area contributed by atoms with Crippen molar-refractivity contribution in [3.8, 4) is 5.75 Å². The summed E-state index contributed by atoms with van der Waals surface area (Å²) in [6.07, 6.45) is -0.696. The standard InChI is InChI=1S/C29H26N2O6S/c1-19-18-38(35)28-24(30-23(32)17-36-22-15-9-4-10-16-22)27(33)31(28)25(19)29(34)37-26(20-11-5-2-6-12-20)21-13-7-3-8-14-21/h2-16,24,26,28H,17-18H2,1H3,(H,30,32)/t24-,28-,38?/m1/s1. The smallest absolute Gasteiger partial charge is 0.356 e. The van der Waals surface area contributed by atoms with Crippen LogP contribution >= 0.6 is 0 Å². The van der Waals surface area contributed by atoms with Gasteiger partial charge < -0.3 is 14.8 Å². The van der Waals surface area contributed by atoms with Crippen molar-refractivity contribution in [3.05, 3.63) is 113 Å². The van der Waals surface area contributed by atoms with Gasteiger partial charge in [-0.15, -0.1) is 0 Å². The highest BCUT2D eigenvalue weighted by atomic mass is 32.2. The van der Waals surface area contributed by atoms with Gasteiger partial charge >= 0.3 is 5.97 Å². The summed E-state index contributed by atoms with van der Waals surface area (Å²) in [5, 5.41) is 1.75. The third-order valence-corrected chi connectivity index (χ3v) is 8.11. The molecule has 194 valence electrons. The maximum Gasteiger partial charge on any atom is 0.356 e. The molecule has 1 fully saturated rings. The van der Waals surface area contributed by atoms with Gasteiger partial charge in [0, 0.05) is 5.75 Å². The topological polar surface area (TPSA) is 102 Å². The molecule has 1 N–H and O–H groups in total. The van der Waals surface area contributed by atoms with Crippen molar-refractivity contribution < 1.29 is 28.1 Å². The molecule has 0 aliphatic carbocycles. The van der Waals surface area contributed by atoms with Gasteiger partial charge in [-0.3, -0.25) is 18.7 Å². The molecule has 0 radical (unpaired) electrons. The summed E-state index contributed by atoms with van der Waals surface area (Å²) in [7, 11) is -1.50. The van der Waals surface area contributed by atoms with E-state index >= 15 is 0 Å². The predicted octanol–water partition coefficient (Wildman–Crippen LogP) is 3.09. The number of nitrogens with one attached hydrogen (secondary N) is 1. The van der Waals surface area contributed by atoms with Crippen molar-refractivity contribution in [2.45, 2.75) is 24.4 Å². The second-order valence-corrected chi connectivity index (χ2v) is 10.5. The molecule has 38 heavy (non-hydrogen) atoms. The van der Waals surface area contributed by atoms with Crippen molar-refractivity contribution in [3.63, 3.8) is 0 Å². The molecule has 1 unspecified atom stereocenters. The number of nitrogens with zero attached hydrogens (tertiary/aromatic N) is 1. The number of carbonyl (C=O) groups is 3. The van der Waals surface area contributed by atoms with Crippen LogP contribution in [0, 0.1) is 0 Å². The summed E-state index contributed by atoms with van der Waals surface area (Å²) in [5.74, 6) is -1.12. The van der Waals surface area contributed by atoms with E-state index in [4.69, 9.17) is 9.47 Å². The summed E-state index contributed by atoms with van der Waals surface area (Å²) in [6.45, 7) is 1.37. The van der Waals surface area contributed by atoms with Gasteiger partial charge in [0.1, 0.15) is 22.9 Å². The van der Waals surface area contributed by atoms with E-state index in [1.165, 1.54) is 4.90 Å². The van der Waals surface area contributed by atoms with E-state index in [1.807, 2.05) is 66.7 Å². The second-order valence-electron chi connectivity index (χ2n) is 9.01. The lowest BCUT2D eigenvalue weighted by Crippen LogP contribution is -2.73. The lowest BCUT2D eigenvalue weighted by Gasteiger charge is -2.49. The van der Waals surface area contributed by atoms with Gasteiger partial charge in [0.2, 0.25) is 0 Å². The van der Waals surface area contributed by atoms with Crippen molar-refractivity contribution >= 4 is 28.6 Å². The maximum atomic E-state index is 13.5. The van der Waals surface area contributed by atoms with Gasteiger partial charge in [-0.25, -0.2) is 4.79 Å². The molecule has 3 atom stereocenters. The average molecular weight is 531 g/mol. The fourth-order valence-electron chi connectivity index (χ4n) is 4.58. The number of esters is 1. The summed E-state index contributed by atoms with van der Waals surface area (Å²) in [5.41, 5.74) is 2.12. The third-order valence-electron chi connectivity index (χ3n) is 6.37. The van der Waals surface area contributed by atoms with Crippen molar-refractivity contribution in [2.24, 2.45) is 0 Å². The van der Waals surface area contributed by atoms with Crippen molar-refractivity contribution in [1.82, 2.24) is 10.2 Å². The van der Waals surface area contributed by atoms with Crippen LogP contribution in [0.4, 0.5) is 0 Å². The monoisotopic (exact) mass is 530 g/mol. The molecule has 2 amide bonds. The Bertz CT molecular complexity index is 1350. The number of rotatable bonds is 8. The zero-order valence-electron chi connectivity index (χ0n) is 20.6. The van der Waals surface area contributed by atoms with Crippen LogP contribution in [0.5, 0.6) is 5.75 Å². The number of para-hydroxylation sites is 1. The van der Waals surface area contributed by atoms with E-state index in [9.17, 15) is 18.6 Å². The third kappa shape index (κ3) is 5.10. The summed E-state index contributed by atoms with van der Waals surface area (Å²) in [4.78, 5) is 40.3. The minimum atomic E-state index is -1.50. The molecule has 0 spiro atoms. The van der Waals surface area contributed by atoms with Crippen LogP contribution in [0.25, 0.3) is 0 Å². The highest BCUT2D eigenvalue weighted by Crippen LogP contribution is 2.37. The molecule has 9 heteroatoms. The van der Waals surface area contributed by atoms with E-state index in [1.54, 1.807) is 31.2 Å². The fourth-order valence-corrected chi connectivity index (χ4v) is 6.24. The first kappa shape index (κ1) is 25.4. The quantitative estimate of drug-likeness (QED) is 0.355. The molecule has 3 aromatic rings. The van der Waals surface area contributed by atoms with Crippen molar-refractivity contribution in [1.29, 1.82) is 0 Å². The molecule has 1 saturated heterocycles. The van der Waals surface area contributed by atoms with Crippen LogP contribution < -0.4 is 10.1 Å². The van der Waals surface area contributed by atoms with E-state index < -0.39 is 46.1 Å². The lowest BCUT2D eigenvalue weighted by molar-refractivity contribution is -0.155. The second kappa shape index (κ2) is 11.0. The number of carbonyl (C=O) groups excluding carboxylic acids is 3. The summed E-state index contributed by atoms with van der Waals surface area (Å²) >= 11 is 0. The molecule has 5 rings (SSSR count). The van der Waals surface area contributed by atoms with Gasteiger partial charge in [-0.2, -0.15) is 0 Å². The SMILES string of the molecule is CC1=C(C(=O)OC(c2ccccc2)c2ccccc2)N2C(=O)[C@@H](NC(=O)COc3ccccc3)[C@H]2S(=O)C1. The lowest BCUT2D eigenvalue weighted by atomic mass is 10.0. The molecular weight excluding hydrogens is 504 g/mol. The Balaban J connectivity index is 1.32. The Morgan fingerprint density at radius 1 is 0.947 bits per heavy atom. The minimum Gasteiger partial charge on any atom is -0.484 e. The number of amides is 2. The largest absolute Gasteiger partial charge is 0.484 e. The Labute approximate surface area is 222 Å². The number of hydrogen-bond donors (Lipinski definition) is 1. The summed E-state index contributed by atoms with van der Waals surface area (Å²) < 4.78 is 24.4. The molecule has 3 aromatic carbocycles. The average Bonchev–Trinajstić information content (AvgIpc) is 2.94. The molecule has 2 aliphatic heterocycles. The van der Waals surface area contributed by atoms with Gasteiger partial charge in [-0.1, -0.05) is 78.9 Å². The van der Waals surface area contributed by atoms with Gasteiger partial charge in [0.25, 0.3) is 11.8 Å². The molecule has 0 aromatic heterocycles. The normalized spacial score (nSPS) is 20.4. The Kier molecular flexibility index (Phi) is 7.37. The maximum absolute atomic E-state index is 13.5. The first-order valence-corrected chi connectivity index (χ1v) is 13.5. The Morgan fingerprint density at radius 3 is 2.08 bits per heavy atom. The van der Waals surface area contributed by atoms with Crippen molar-refractivity contribution in [2.75, 3.05) is 12.4 Å². The number of fused-ring (bicyclic) bond motifs is 1. The number of β-lactam (4-membered cyclic amide) rings is 1. The van der Waals surface area contributed by atoms with E-state index in [0.717, 1.165) is 11.1 Å². The van der Waals surface area contributed by atoms with Crippen LogP contribution in [0.1, 0.15) is 24.2 Å². The molecule has 0 bridgehead atoms. The summed E-state index contributed by atoms with van der Waals surface area (Å²) in [6, 6.07) is 26.4. The van der Waals surface area contributed by atoms with Crippen LogP contribution in [0.3, 0.4) is 0 Å². The Morgan fingerprint density at radius 2 is 1.50 bits per heavy atom. The Hall–Kier alpha value is -4.24. The van der Waals surface area contributed by atoms with E-state index in [0.29, 0.717) is 11.3 Å². The zero-order valence-corrected chi connectivity index (χ0v) is 21.4. The number of hydrogen-bond acceptors (Lipinski definition) is 6. The fraction of sp³-hybridized carbons (Fsp3) is 0.207. The number of benzene rings is 3. The highest BCUT2D eigenvalue weighted by Gasteiger charge is 2.57. The predicted molar refractivity (Wildman–Crippen MR) is 141 cm³/mol. The first-order chi connectivity index (χ1) is 18.4. The van der Waals surface area contributed by atoms with Gasteiger partial charge in [0.15, 0.2) is 12.7 Å². The molecule has 8 nitrogen and oxygen atoms in total. The molecule has 0 saturated carbocycles. The zero-order chi connectivity index (χ0) is 26.6. The molecule has 2 aliphatic rings. The van der Waals surface area contributed by atoms with Crippen LogP contribution in [0.2, 0.25) is 0 Å². The van der Waals surface area contributed by atoms with E-state index in [2.05, 4.69) is 5.32 Å². The van der Waals surface area contributed by atoms with Gasteiger partial charge in [-0.05, 0) is 35.8 Å². The highest BCUT2D eigenvalue weighted by molar-refractivity contribution is 7.86. The van der Waals surface area contributed by atoms with E-state index in [-0.39, 0.29) is 18.1 Å². The van der Waals surface area contributed by atoms with Crippen LogP contribution in [-0.2, 0) is 29.9 Å². The minimum absolute atomic E-state index is 0.0718. The van der Waals surface area contributed by atoms with Crippen LogP contribution in [-0.4, -0.2) is 50.7 Å². The molecule has 2 heterocycles. The number of ether oxygens (including phenoxy) is 2. The van der Waals surface area contributed by atoms with Crippen LogP contribution in [0.15, 0.2) is 102 Å². The van der Waals surface area contributed by atoms with Gasteiger partial charge in [0.05, 0.1) is 10.8 Å².